The largest absolute Gasteiger partial charge is 0.361 e. The lowest BCUT2D eigenvalue weighted by Crippen LogP contribution is -2.30. The molecule has 0 spiro atoms. The van der Waals surface area contributed by atoms with Crippen LogP contribution in [0.25, 0.3) is 0 Å². The zero-order valence-electron chi connectivity index (χ0n) is 16.8. The summed E-state index contributed by atoms with van der Waals surface area (Å²) in [6.07, 6.45) is 19.4. The van der Waals surface area contributed by atoms with Gasteiger partial charge in [0.25, 0.3) is 0 Å². The van der Waals surface area contributed by atoms with Gasteiger partial charge in [0.2, 0.25) is 0 Å². The fraction of sp³-hybridized carbons (Fsp3) is 0.955. The predicted molar refractivity (Wildman–Crippen MR) is 104 cm³/mol. The smallest absolute Gasteiger partial charge is 0.247 e. The summed E-state index contributed by atoms with van der Waals surface area (Å²) in [5, 5.41) is 11.9. The molecule has 2 heteroatoms. The van der Waals surface area contributed by atoms with E-state index in [9.17, 15) is 9.90 Å². The Hall–Kier alpha value is -0.530. The molecule has 0 saturated carbocycles. The summed E-state index contributed by atoms with van der Waals surface area (Å²) in [5.74, 6) is -0.788. The van der Waals surface area contributed by atoms with Gasteiger partial charge in [-0.05, 0) is 19.3 Å². The lowest BCUT2D eigenvalue weighted by atomic mass is 9.74. The highest BCUT2D eigenvalue weighted by atomic mass is 16.4. The second kappa shape index (κ2) is 16.0. The third-order valence-corrected chi connectivity index (χ3v) is 5.43. The zero-order chi connectivity index (χ0) is 18.1. The van der Waals surface area contributed by atoms with Crippen LogP contribution in [0, 0.1) is 5.41 Å². The van der Waals surface area contributed by atoms with Crippen LogP contribution < -0.4 is 0 Å². The van der Waals surface area contributed by atoms with E-state index in [0.29, 0.717) is 0 Å². The minimum absolute atomic E-state index is 0.553. The number of hydrogen-bond donors (Lipinski definition) is 0. The van der Waals surface area contributed by atoms with Crippen LogP contribution in [0.3, 0.4) is 0 Å². The van der Waals surface area contributed by atoms with Crippen molar-refractivity contribution in [3.8, 4) is 0 Å². The van der Waals surface area contributed by atoms with Gasteiger partial charge in [-0.15, -0.1) is 0 Å². The minimum atomic E-state index is -0.788. The minimum Gasteiger partial charge on any atom is -0.247 e. The molecule has 0 aromatic carbocycles. The fourth-order valence-electron chi connectivity index (χ4n) is 3.82. The van der Waals surface area contributed by atoms with Gasteiger partial charge in [-0.2, -0.15) is 0 Å². The van der Waals surface area contributed by atoms with Crippen LogP contribution >= 0.6 is 0 Å². The Morgan fingerprint density at radius 3 is 1.25 bits per heavy atom. The molecule has 0 aromatic rings. The molecule has 0 aliphatic heterocycles. The van der Waals surface area contributed by atoms with E-state index >= 15 is 0 Å². The van der Waals surface area contributed by atoms with Gasteiger partial charge in [0.05, 0.1) is 5.41 Å². The molecule has 0 aliphatic rings. The SMILES string of the molecule is CCCCCCCCCC(CCC)(CCCCCCCC)C([O])=O. The van der Waals surface area contributed by atoms with Crippen LogP contribution in [0.2, 0.25) is 0 Å². The van der Waals surface area contributed by atoms with Crippen molar-refractivity contribution >= 4 is 5.97 Å². The fourth-order valence-corrected chi connectivity index (χ4v) is 3.82. The maximum absolute atomic E-state index is 11.9. The molecule has 0 saturated heterocycles. The first-order valence-electron chi connectivity index (χ1n) is 10.8. The first kappa shape index (κ1) is 23.5. The number of hydrogen-bond acceptors (Lipinski definition) is 1. The van der Waals surface area contributed by atoms with Crippen molar-refractivity contribution in [1.29, 1.82) is 0 Å². The molecule has 0 aromatic heterocycles. The van der Waals surface area contributed by atoms with Gasteiger partial charge in [0.15, 0.2) is 0 Å². The maximum Gasteiger partial charge on any atom is 0.361 e. The Balaban J connectivity index is 4.16. The van der Waals surface area contributed by atoms with Gasteiger partial charge in [-0.1, -0.05) is 111 Å². The van der Waals surface area contributed by atoms with Gasteiger partial charge < -0.3 is 0 Å². The predicted octanol–water partition coefficient (Wildman–Crippen LogP) is 7.62. The number of rotatable bonds is 18. The van der Waals surface area contributed by atoms with E-state index in [2.05, 4.69) is 20.8 Å². The summed E-state index contributed by atoms with van der Waals surface area (Å²) < 4.78 is 0. The molecule has 0 fully saturated rings. The Morgan fingerprint density at radius 1 is 0.542 bits per heavy atom. The Bertz CT molecular complexity index is 288. The molecule has 2 nitrogen and oxygen atoms in total. The lowest BCUT2D eigenvalue weighted by Gasteiger charge is -2.28. The van der Waals surface area contributed by atoms with Gasteiger partial charge in [-0.3, -0.25) is 0 Å². The molecule has 24 heavy (non-hydrogen) atoms. The summed E-state index contributed by atoms with van der Waals surface area (Å²) in [4.78, 5) is 11.9. The second-order valence-electron chi connectivity index (χ2n) is 7.71. The van der Waals surface area contributed by atoms with E-state index in [4.69, 9.17) is 0 Å². The van der Waals surface area contributed by atoms with Crippen molar-refractivity contribution in [1.82, 2.24) is 0 Å². The average molecular weight is 340 g/mol. The molecule has 1 unspecified atom stereocenters. The van der Waals surface area contributed by atoms with Crippen molar-refractivity contribution in [2.45, 2.75) is 130 Å². The number of carbonyl (C=O) groups excluding carboxylic acids is 1. The molecular weight excluding hydrogens is 296 g/mol. The Morgan fingerprint density at radius 2 is 0.917 bits per heavy atom. The van der Waals surface area contributed by atoms with E-state index in [1.54, 1.807) is 0 Å². The Kier molecular flexibility index (Phi) is 15.6. The van der Waals surface area contributed by atoms with E-state index in [1.807, 2.05) is 0 Å². The summed E-state index contributed by atoms with van der Waals surface area (Å²) in [5.41, 5.74) is -0.553. The molecule has 0 bridgehead atoms. The number of carbonyl (C=O) groups is 1. The van der Waals surface area contributed by atoms with Crippen molar-refractivity contribution in [3.05, 3.63) is 0 Å². The van der Waals surface area contributed by atoms with Gasteiger partial charge >= 0.3 is 5.97 Å². The van der Waals surface area contributed by atoms with E-state index in [-0.39, 0.29) is 0 Å². The first-order chi connectivity index (χ1) is 11.6. The highest BCUT2D eigenvalue weighted by molar-refractivity contribution is 5.74. The highest BCUT2D eigenvalue weighted by Crippen LogP contribution is 2.37. The average Bonchev–Trinajstić information content (AvgIpc) is 2.56. The van der Waals surface area contributed by atoms with Crippen LogP contribution in [-0.2, 0) is 9.90 Å². The molecular formula is C22H43O2. The maximum atomic E-state index is 11.9. The monoisotopic (exact) mass is 339 g/mol. The van der Waals surface area contributed by atoms with Crippen LogP contribution in [-0.4, -0.2) is 5.97 Å². The van der Waals surface area contributed by atoms with E-state index < -0.39 is 11.4 Å². The first-order valence-corrected chi connectivity index (χ1v) is 10.8. The summed E-state index contributed by atoms with van der Waals surface area (Å²) >= 11 is 0. The lowest BCUT2D eigenvalue weighted by molar-refractivity contribution is -0.157. The molecule has 0 aliphatic carbocycles. The molecule has 0 heterocycles. The normalized spacial score (nSPS) is 13.8. The molecule has 1 radical (unpaired) electrons. The zero-order valence-corrected chi connectivity index (χ0v) is 16.8. The third kappa shape index (κ3) is 11.1. The van der Waals surface area contributed by atoms with Gasteiger partial charge in [0, 0.05) is 0 Å². The highest BCUT2D eigenvalue weighted by Gasteiger charge is 2.37. The quantitative estimate of drug-likeness (QED) is 0.237. The van der Waals surface area contributed by atoms with E-state index in [1.165, 1.54) is 70.6 Å². The Labute approximate surface area is 151 Å². The summed E-state index contributed by atoms with van der Waals surface area (Å²) in [6, 6.07) is 0. The van der Waals surface area contributed by atoms with Gasteiger partial charge in [-0.25, -0.2) is 9.90 Å². The topological polar surface area (TPSA) is 37.0 Å². The van der Waals surface area contributed by atoms with Crippen LogP contribution in [0.4, 0.5) is 0 Å². The van der Waals surface area contributed by atoms with Crippen LogP contribution in [0.15, 0.2) is 0 Å². The molecule has 0 N–H and O–H groups in total. The molecule has 143 valence electrons. The van der Waals surface area contributed by atoms with Crippen molar-refractivity contribution in [2.24, 2.45) is 5.41 Å². The van der Waals surface area contributed by atoms with Crippen molar-refractivity contribution in [2.75, 3.05) is 0 Å². The molecule has 0 amide bonds. The second-order valence-corrected chi connectivity index (χ2v) is 7.71. The molecule has 0 rings (SSSR count). The van der Waals surface area contributed by atoms with Crippen molar-refractivity contribution < 1.29 is 9.90 Å². The van der Waals surface area contributed by atoms with Crippen molar-refractivity contribution in [3.63, 3.8) is 0 Å². The summed E-state index contributed by atoms with van der Waals surface area (Å²) in [7, 11) is 0. The number of unbranched alkanes of at least 4 members (excludes halogenated alkanes) is 11. The van der Waals surface area contributed by atoms with Gasteiger partial charge in [0.1, 0.15) is 0 Å². The van der Waals surface area contributed by atoms with Crippen LogP contribution in [0.1, 0.15) is 130 Å². The van der Waals surface area contributed by atoms with E-state index in [0.717, 1.165) is 38.5 Å². The van der Waals surface area contributed by atoms with Crippen LogP contribution in [0.5, 0.6) is 0 Å². The molecule has 1 atom stereocenters. The standard InChI is InChI=1S/C22H43O2/c1-4-7-9-11-13-15-17-20-22(18-6-3,21(23)24)19-16-14-12-10-8-5-2/h4-20H2,1-3H3. The summed E-state index contributed by atoms with van der Waals surface area (Å²) in [6.45, 7) is 6.57. The third-order valence-electron chi connectivity index (χ3n) is 5.43.